The molecule has 1 saturated heterocycles. The number of amides is 2. The molecule has 1 aromatic rings. The molecule has 1 aliphatic carbocycles. The first-order chi connectivity index (χ1) is 15.1. The molecule has 2 fully saturated rings. The molecule has 0 radical (unpaired) electrons. The lowest BCUT2D eigenvalue weighted by atomic mass is 9.97. The quantitative estimate of drug-likeness (QED) is 0.634. The van der Waals surface area contributed by atoms with Crippen LogP contribution in [0.2, 0.25) is 0 Å². The first kappa shape index (κ1) is 24.5. The van der Waals surface area contributed by atoms with Crippen molar-refractivity contribution in [2.75, 3.05) is 19.6 Å². The minimum absolute atomic E-state index is 0.0468. The Bertz CT molecular complexity index is 922. The summed E-state index contributed by atoms with van der Waals surface area (Å²) in [6.45, 7) is 0.0956. The van der Waals surface area contributed by atoms with Crippen LogP contribution in [0, 0.1) is 5.92 Å². The highest BCUT2D eigenvalue weighted by molar-refractivity contribution is 7.89. The zero-order valence-electron chi connectivity index (χ0n) is 17.7. The van der Waals surface area contributed by atoms with Crippen molar-refractivity contribution in [3.05, 3.63) is 29.8 Å². The van der Waals surface area contributed by atoms with Crippen molar-refractivity contribution < 1.29 is 31.2 Å². The average Bonchev–Trinajstić information content (AvgIpc) is 3.26. The first-order valence-electron chi connectivity index (χ1n) is 10.8. The van der Waals surface area contributed by atoms with Gasteiger partial charge in [-0.2, -0.15) is 17.5 Å². The number of nitrogens with zero attached hydrogens (tertiary/aromatic N) is 1. The molecule has 2 aliphatic rings. The van der Waals surface area contributed by atoms with Gasteiger partial charge in [-0.3, -0.25) is 9.59 Å². The van der Waals surface area contributed by atoms with Crippen LogP contribution in [0.3, 0.4) is 0 Å². The summed E-state index contributed by atoms with van der Waals surface area (Å²) in [7, 11) is -4.34. The fraction of sp³-hybridized carbons (Fsp3) is 0.619. The highest BCUT2D eigenvalue weighted by Crippen LogP contribution is 2.36. The van der Waals surface area contributed by atoms with Crippen LogP contribution in [0.25, 0.3) is 0 Å². The van der Waals surface area contributed by atoms with E-state index in [4.69, 9.17) is 0 Å². The Morgan fingerprint density at radius 1 is 1.03 bits per heavy atom. The third kappa shape index (κ3) is 6.00. The van der Waals surface area contributed by atoms with Gasteiger partial charge in [0.05, 0.1) is 10.5 Å². The van der Waals surface area contributed by atoms with E-state index in [1.807, 2.05) is 0 Å². The molecule has 1 saturated carbocycles. The molecule has 11 heteroatoms. The lowest BCUT2D eigenvalue weighted by Gasteiger charge is -2.31. The summed E-state index contributed by atoms with van der Waals surface area (Å²) < 4.78 is 66.3. The van der Waals surface area contributed by atoms with Gasteiger partial charge in [0.2, 0.25) is 21.8 Å². The minimum atomic E-state index is -4.79. The number of alkyl halides is 3. The smallest absolute Gasteiger partial charge is 0.355 e. The third-order valence-corrected chi connectivity index (χ3v) is 7.96. The predicted octanol–water partition coefficient (Wildman–Crippen LogP) is 2.67. The van der Waals surface area contributed by atoms with Crippen LogP contribution < -0.4 is 10.6 Å². The van der Waals surface area contributed by atoms with E-state index in [1.165, 1.54) is 6.07 Å². The van der Waals surface area contributed by atoms with E-state index in [0.717, 1.165) is 48.2 Å². The van der Waals surface area contributed by atoms with Crippen molar-refractivity contribution in [1.29, 1.82) is 0 Å². The fourth-order valence-electron chi connectivity index (χ4n) is 4.24. The normalized spacial score (nSPS) is 19.1. The van der Waals surface area contributed by atoms with E-state index in [-0.39, 0.29) is 56.8 Å². The first-order valence-corrected chi connectivity index (χ1v) is 12.3. The van der Waals surface area contributed by atoms with Crippen LogP contribution in [0.1, 0.15) is 50.5 Å². The molecule has 0 unspecified atom stereocenters. The zero-order chi connectivity index (χ0) is 23.4. The van der Waals surface area contributed by atoms with Crippen LogP contribution >= 0.6 is 0 Å². The molecule has 1 aliphatic heterocycles. The second kappa shape index (κ2) is 10.2. The fourth-order valence-corrected chi connectivity index (χ4v) is 5.92. The van der Waals surface area contributed by atoms with Crippen LogP contribution in [-0.4, -0.2) is 50.2 Å². The Kier molecular flexibility index (Phi) is 7.81. The number of hydrogen-bond donors (Lipinski definition) is 2. The standard InChI is InChI=1S/C21H28F3N3O4S/c22-21(23,24)17-7-3-4-8-18(17)32(30,31)27-13-10-15(11-14-27)20(29)25-12-9-19(28)26-16-5-1-2-6-16/h3-4,7-8,15-16H,1-2,5-6,9-14H2,(H,25,29)(H,26,28). The zero-order valence-corrected chi connectivity index (χ0v) is 18.5. The number of halogens is 3. The van der Waals surface area contributed by atoms with E-state index in [1.54, 1.807) is 0 Å². The summed E-state index contributed by atoms with van der Waals surface area (Å²) in [5.41, 5.74) is -1.20. The average molecular weight is 476 g/mol. The second-order valence-corrected chi connectivity index (χ2v) is 10.2. The Hall–Kier alpha value is -2.14. The van der Waals surface area contributed by atoms with Crippen LogP contribution in [0.5, 0.6) is 0 Å². The van der Waals surface area contributed by atoms with E-state index < -0.39 is 32.6 Å². The molecule has 1 heterocycles. The maximum atomic E-state index is 13.2. The molecule has 3 rings (SSSR count). The highest BCUT2D eigenvalue weighted by Gasteiger charge is 2.40. The van der Waals surface area contributed by atoms with Gasteiger partial charge in [-0.05, 0) is 37.8 Å². The molecule has 7 nitrogen and oxygen atoms in total. The van der Waals surface area contributed by atoms with Crippen molar-refractivity contribution >= 4 is 21.8 Å². The Labute approximate surface area is 185 Å². The molecule has 0 spiro atoms. The summed E-state index contributed by atoms with van der Waals surface area (Å²) in [4.78, 5) is 23.5. The number of sulfonamides is 1. The van der Waals surface area contributed by atoms with Crippen LogP contribution in [0.15, 0.2) is 29.2 Å². The third-order valence-electron chi connectivity index (χ3n) is 6.01. The summed E-state index contributed by atoms with van der Waals surface area (Å²) in [5, 5.41) is 5.65. The number of nitrogens with one attached hydrogen (secondary N) is 2. The second-order valence-electron chi connectivity index (χ2n) is 8.26. The Morgan fingerprint density at radius 3 is 2.28 bits per heavy atom. The minimum Gasteiger partial charge on any atom is -0.355 e. The van der Waals surface area contributed by atoms with Crippen LogP contribution in [-0.2, 0) is 25.8 Å². The van der Waals surface area contributed by atoms with Crippen molar-refractivity contribution in [2.24, 2.45) is 5.92 Å². The molecule has 2 amide bonds. The van der Waals surface area contributed by atoms with Gasteiger partial charge >= 0.3 is 6.18 Å². The van der Waals surface area contributed by atoms with Gasteiger partial charge < -0.3 is 10.6 Å². The summed E-state index contributed by atoms with van der Waals surface area (Å²) in [6, 6.07) is 4.31. The summed E-state index contributed by atoms with van der Waals surface area (Å²) >= 11 is 0. The van der Waals surface area contributed by atoms with E-state index in [0.29, 0.717) is 0 Å². The van der Waals surface area contributed by atoms with E-state index in [9.17, 15) is 31.2 Å². The van der Waals surface area contributed by atoms with Crippen LogP contribution in [0.4, 0.5) is 13.2 Å². The van der Waals surface area contributed by atoms with Gasteiger partial charge in [-0.25, -0.2) is 8.42 Å². The topological polar surface area (TPSA) is 95.6 Å². The molecular weight excluding hydrogens is 447 g/mol. The number of piperidine rings is 1. The summed E-state index contributed by atoms with van der Waals surface area (Å²) in [6.07, 6.45) is -0.0352. The molecule has 32 heavy (non-hydrogen) atoms. The molecular formula is C21H28F3N3O4S. The monoisotopic (exact) mass is 475 g/mol. The van der Waals surface area contributed by atoms with Crippen molar-refractivity contribution in [2.45, 2.75) is 62.1 Å². The number of rotatable bonds is 7. The maximum Gasteiger partial charge on any atom is 0.417 e. The van der Waals surface area contributed by atoms with Crippen molar-refractivity contribution in [3.8, 4) is 0 Å². The molecule has 2 N–H and O–H groups in total. The Balaban J connectivity index is 1.49. The maximum absolute atomic E-state index is 13.2. The van der Waals surface area contributed by atoms with E-state index in [2.05, 4.69) is 10.6 Å². The molecule has 0 aromatic heterocycles. The summed E-state index contributed by atoms with van der Waals surface area (Å²) in [5.74, 6) is -0.829. The van der Waals surface area contributed by atoms with Crippen molar-refractivity contribution in [3.63, 3.8) is 0 Å². The SMILES string of the molecule is O=C(CCNC(=O)C1CCN(S(=O)(=O)c2ccccc2C(F)(F)F)CC1)NC1CCCC1. The van der Waals surface area contributed by atoms with Gasteiger partial charge in [-0.1, -0.05) is 25.0 Å². The Morgan fingerprint density at radius 2 is 1.66 bits per heavy atom. The van der Waals surface area contributed by atoms with E-state index >= 15 is 0 Å². The van der Waals surface area contributed by atoms with Gasteiger partial charge in [-0.15, -0.1) is 0 Å². The number of carbonyl (C=O) groups excluding carboxylic acids is 2. The molecule has 178 valence electrons. The molecule has 0 bridgehead atoms. The number of carbonyl (C=O) groups is 2. The predicted molar refractivity (Wildman–Crippen MR) is 111 cm³/mol. The van der Waals surface area contributed by atoms with Gasteiger partial charge in [0.1, 0.15) is 0 Å². The lowest BCUT2D eigenvalue weighted by molar-refractivity contribution is -0.140. The van der Waals surface area contributed by atoms with Crippen molar-refractivity contribution in [1.82, 2.24) is 14.9 Å². The van der Waals surface area contributed by atoms with Gasteiger partial charge in [0.25, 0.3) is 0 Å². The lowest BCUT2D eigenvalue weighted by Crippen LogP contribution is -2.44. The number of benzene rings is 1. The molecule has 0 atom stereocenters. The highest BCUT2D eigenvalue weighted by atomic mass is 32.2. The van der Waals surface area contributed by atoms with Gasteiger partial charge in [0, 0.05) is 38.0 Å². The van der Waals surface area contributed by atoms with Gasteiger partial charge in [0.15, 0.2) is 0 Å². The largest absolute Gasteiger partial charge is 0.417 e. The molecule has 1 aromatic carbocycles. The number of hydrogen-bond acceptors (Lipinski definition) is 4.